The lowest BCUT2D eigenvalue weighted by atomic mass is 10.0. The van der Waals surface area contributed by atoms with Gasteiger partial charge in [0.05, 0.1) is 12.0 Å². The monoisotopic (exact) mass is 190 g/mol. The van der Waals surface area contributed by atoms with Gasteiger partial charge in [-0.2, -0.15) is 0 Å². The standard InChI is InChI=1S/C8H14O5/c1-4-7(5(2)9)8(11)13-12-6(3)10/h5,7,9H,4H2,1-3H3. The molecule has 0 aromatic heterocycles. The molecular weight excluding hydrogens is 176 g/mol. The Bertz CT molecular complexity index is 187. The minimum absolute atomic E-state index is 0.428. The van der Waals surface area contributed by atoms with E-state index in [4.69, 9.17) is 5.11 Å². The van der Waals surface area contributed by atoms with Crippen molar-refractivity contribution in [2.45, 2.75) is 33.3 Å². The minimum Gasteiger partial charge on any atom is -0.393 e. The van der Waals surface area contributed by atoms with Crippen molar-refractivity contribution in [3.8, 4) is 0 Å². The van der Waals surface area contributed by atoms with Gasteiger partial charge in [-0.15, -0.1) is 0 Å². The molecular formula is C8H14O5. The van der Waals surface area contributed by atoms with Crippen molar-refractivity contribution >= 4 is 11.9 Å². The fraction of sp³-hybridized carbons (Fsp3) is 0.750. The third kappa shape index (κ3) is 4.47. The van der Waals surface area contributed by atoms with Crippen molar-refractivity contribution < 1.29 is 24.5 Å². The van der Waals surface area contributed by atoms with Gasteiger partial charge in [0.2, 0.25) is 0 Å². The zero-order chi connectivity index (χ0) is 10.4. The summed E-state index contributed by atoms with van der Waals surface area (Å²) in [4.78, 5) is 29.5. The van der Waals surface area contributed by atoms with Crippen LogP contribution < -0.4 is 0 Å². The lowest BCUT2D eigenvalue weighted by molar-refractivity contribution is -0.262. The Balaban J connectivity index is 3.99. The molecule has 2 atom stereocenters. The molecule has 0 fully saturated rings. The van der Waals surface area contributed by atoms with E-state index in [0.29, 0.717) is 6.42 Å². The van der Waals surface area contributed by atoms with Crippen molar-refractivity contribution in [2.24, 2.45) is 5.92 Å². The molecule has 76 valence electrons. The third-order valence-electron chi connectivity index (χ3n) is 1.57. The number of aliphatic hydroxyl groups excluding tert-OH is 1. The Kier molecular flexibility index (Phi) is 5.06. The summed E-state index contributed by atoms with van der Waals surface area (Å²) in [7, 11) is 0. The van der Waals surface area contributed by atoms with E-state index >= 15 is 0 Å². The first kappa shape index (κ1) is 11.9. The molecule has 2 unspecified atom stereocenters. The van der Waals surface area contributed by atoms with Gasteiger partial charge in [0, 0.05) is 6.92 Å². The number of aliphatic hydroxyl groups is 1. The molecule has 0 heterocycles. The smallest absolute Gasteiger partial charge is 0.361 e. The number of hydrogen-bond acceptors (Lipinski definition) is 5. The molecule has 5 nitrogen and oxygen atoms in total. The highest BCUT2D eigenvalue weighted by atomic mass is 17.2. The third-order valence-corrected chi connectivity index (χ3v) is 1.57. The summed E-state index contributed by atoms with van der Waals surface area (Å²) < 4.78 is 0. The summed E-state index contributed by atoms with van der Waals surface area (Å²) in [5.74, 6) is -2.08. The summed E-state index contributed by atoms with van der Waals surface area (Å²) in [5.41, 5.74) is 0. The Morgan fingerprint density at radius 2 is 1.92 bits per heavy atom. The second-order valence-corrected chi connectivity index (χ2v) is 2.73. The van der Waals surface area contributed by atoms with Crippen LogP contribution in [0.5, 0.6) is 0 Å². The van der Waals surface area contributed by atoms with Crippen LogP contribution in [-0.4, -0.2) is 23.1 Å². The largest absolute Gasteiger partial charge is 0.393 e. The summed E-state index contributed by atoms with van der Waals surface area (Å²) in [6.07, 6.45) is -0.384. The van der Waals surface area contributed by atoms with E-state index in [1.807, 2.05) is 0 Å². The highest BCUT2D eigenvalue weighted by molar-refractivity contribution is 5.74. The fourth-order valence-corrected chi connectivity index (χ4v) is 0.866. The number of carbonyl (C=O) groups excluding carboxylic acids is 2. The van der Waals surface area contributed by atoms with Gasteiger partial charge in [-0.25, -0.2) is 19.4 Å². The molecule has 0 bridgehead atoms. The van der Waals surface area contributed by atoms with Crippen molar-refractivity contribution in [3.63, 3.8) is 0 Å². The molecule has 0 saturated carbocycles. The molecule has 0 radical (unpaired) electrons. The van der Waals surface area contributed by atoms with Gasteiger partial charge in [0.25, 0.3) is 0 Å². The summed E-state index contributed by atoms with van der Waals surface area (Å²) >= 11 is 0. The maximum Gasteiger partial charge on any atom is 0.361 e. The summed E-state index contributed by atoms with van der Waals surface area (Å²) in [5, 5.41) is 9.11. The molecule has 1 N–H and O–H groups in total. The van der Waals surface area contributed by atoms with Crippen molar-refractivity contribution in [1.29, 1.82) is 0 Å². The van der Waals surface area contributed by atoms with Crippen molar-refractivity contribution in [3.05, 3.63) is 0 Å². The summed E-state index contributed by atoms with van der Waals surface area (Å²) in [6.45, 7) is 4.33. The van der Waals surface area contributed by atoms with Gasteiger partial charge in [0.15, 0.2) is 0 Å². The molecule has 0 aliphatic rings. The molecule has 0 aromatic carbocycles. The molecule has 0 aliphatic carbocycles. The zero-order valence-electron chi connectivity index (χ0n) is 7.94. The average Bonchev–Trinajstić information content (AvgIpc) is 2.01. The van der Waals surface area contributed by atoms with Crippen LogP contribution >= 0.6 is 0 Å². The lowest BCUT2D eigenvalue weighted by Gasteiger charge is -2.14. The second kappa shape index (κ2) is 5.53. The normalized spacial score (nSPS) is 14.5. The predicted octanol–water partition coefficient (Wildman–Crippen LogP) is 0.415. The van der Waals surface area contributed by atoms with Gasteiger partial charge >= 0.3 is 11.9 Å². The van der Waals surface area contributed by atoms with Crippen LogP contribution in [0.3, 0.4) is 0 Å². The van der Waals surface area contributed by atoms with Gasteiger partial charge in [-0.1, -0.05) is 6.92 Å². The summed E-state index contributed by atoms with van der Waals surface area (Å²) in [6, 6.07) is 0. The van der Waals surface area contributed by atoms with E-state index < -0.39 is 24.0 Å². The SMILES string of the molecule is CCC(C(=O)OOC(C)=O)C(C)O. The van der Waals surface area contributed by atoms with Crippen molar-refractivity contribution in [2.75, 3.05) is 0 Å². The average molecular weight is 190 g/mol. The molecule has 13 heavy (non-hydrogen) atoms. The molecule has 0 saturated heterocycles. The van der Waals surface area contributed by atoms with E-state index in [1.165, 1.54) is 6.92 Å². The Morgan fingerprint density at radius 1 is 1.38 bits per heavy atom. The Labute approximate surface area is 76.6 Å². The number of rotatable bonds is 3. The zero-order valence-corrected chi connectivity index (χ0v) is 7.94. The van der Waals surface area contributed by atoms with Crippen LogP contribution in [-0.2, 0) is 19.4 Å². The maximum absolute atomic E-state index is 11.1. The number of hydrogen-bond donors (Lipinski definition) is 1. The van der Waals surface area contributed by atoms with E-state index in [1.54, 1.807) is 6.92 Å². The maximum atomic E-state index is 11.1. The van der Waals surface area contributed by atoms with Crippen molar-refractivity contribution in [1.82, 2.24) is 0 Å². The molecule has 0 amide bonds. The fourth-order valence-electron chi connectivity index (χ4n) is 0.866. The first-order chi connectivity index (χ1) is 5.99. The van der Waals surface area contributed by atoms with Crippen LogP contribution in [0.1, 0.15) is 27.2 Å². The number of carbonyl (C=O) groups is 2. The Hall–Kier alpha value is -1.10. The molecule has 0 spiro atoms. The van der Waals surface area contributed by atoms with Crippen LogP contribution in [0.4, 0.5) is 0 Å². The second-order valence-electron chi connectivity index (χ2n) is 2.73. The van der Waals surface area contributed by atoms with Crippen LogP contribution in [0.25, 0.3) is 0 Å². The van der Waals surface area contributed by atoms with E-state index in [-0.39, 0.29) is 0 Å². The van der Waals surface area contributed by atoms with Gasteiger partial charge in [-0.05, 0) is 13.3 Å². The van der Waals surface area contributed by atoms with Crippen LogP contribution in [0.2, 0.25) is 0 Å². The van der Waals surface area contributed by atoms with E-state index in [0.717, 1.165) is 6.92 Å². The molecule has 0 aromatic rings. The van der Waals surface area contributed by atoms with Gasteiger partial charge in [0.1, 0.15) is 0 Å². The van der Waals surface area contributed by atoms with E-state index in [9.17, 15) is 9.59 Å². The van der Waals surface area contributed by atoms with Gasteiger partial charge in [-0.3, -0.25) is 0 Å². The molecule has 0 rings (SSSR count). The first-order valence-corrected chi connectivity index (χ1v) is 4.06. The highest BCUT2D eigenvalue weighted by Crippen LogP contribution is 2.10. The van der Waals surface area contributed by atoms with Gasteiger partial charge < -0.3 is 5.11 Å². The highest BCUT2D eigenvalue weighted by Gasteiger charge is 2.24. The topological polar surface area (TPSA) is 72.8 Å². The Morgan fingerprint density at radius 3 is 2.23 bits per heavy atom. The van der Waals surface area contributed by atoms with Crippen LogP contribution in [0, 0.1) is 5.92 Å². The van der Waals surface area contributed by atoms with Crippen LogP contribution in [0.15, 0.2) is 0 Å². The lowest BCUT2D eigenvalue weighted by Crippen LogP contribution is -2.27. The molecule has 5 heteroatoms. The quantitative estimate of drug-likeness (QED) is 0.515. The minimum atomic E-state index is -0.812. The predicted molar refractivity (Wildman–Crippen MR) is 43.3 cm³/mol. The first-order valence-electron chi connectivity index (χ1n) is 4.06. The molecule has 0 aliphatic heterocycles. The van der Waals surface area contributed by atoms with E-state index in [2.05, 4.69) is 9.78 Å².